The quantitative estimate of drug-likeness (QED) is 0.481. The molecule has 5 rings (SSSR count). The van der Waals surface area contributed by atoms with E-state index in [9.17, 15) is 13.2 Å². The third-order valence-electron chi connectivity index (χ3n) is 7.24. The highest BCUT2D eigenvalue weighted by atomic mass is 32.2. The lowest BCUT2D eigenvalue weighted by Gasteiger charge is -2.32. The standard InChI is InChI=1S/C29H33N3O3S/c1-21-7-13-26(14-8-21)36(34,35)31-29(33)24-11-9-22(10-12-24)20-32-17-15-25(16-18-32)30-28-19-27(28)23-5-3-2-4-6-23/h2-14,25,27-28,30H,15-20H2,1H3,(H,31,33). The van der Waals surface area contributed by atoms with Crippen molar-refractivity contribution in [3.63, 3.8) is 0 Å². The minimum atomic E-state index is -3.90. The zero-order valence-electron chi connectivity index (χ0n) is 20.6. The minimum Gasteiger partial charge on any atom is -0.311 e. The van der Waals surface area contributed by atoms with E-state index in [0.717, 1.165) is 43.6 Å². The number of sulfonamides is 1. The summed E-state index contributed by atoms with van der Waals surface area (Å²) in [4.78, 5) is 15.1. The van der Waals surface area contributed by atoms with E-state index in [1.165, 1.54) is 24.1 Å². The molecule has 1 heterocycles. The number of likely N-dealkylation sites (tertiary alicyclic amines) is 1. The number of hydrogen-bond donors (Lipinski definition) is 2. The summed E-state index contributed by atoms with van der Waals surface area (Å²) < 4.78 is 27.2. The average molecular weight is 504 g/mol. The molecule has 3 aromatic rings. The molecule has 36 heavy (non-hydrogen) atoms. The first-order chi connectivity index (χ1) is 17.4. The van der Waals surface area contributed by atoms with E-state index >= 15 is 0 Å². The Morgan fingerprint density at radius 2 is 1.58 bits per heavy atom. The van der Waals surface area contributed by atoms with Crippen LogP contribution < -0.4 is 10.0 Å². The molecule has 0 aromatic heterocycles. The molecule has 0 spiro atoms. The Morgan fingerprint density at radius 1 is 0.917 bits per heavy atom. The Labute approximate surface area is 213 Å². The Balaban J connectivity index is 1.08. The van der Waals surface area contributed by atoms with Crippen LogP contribution in [0.15, 0.2) is 83.8 Å². The van der Waals surface area contributed by atoms with Crippen LogP contribution in [0.25, 0.3) is 0 Å². The average Bonchev–Trinajstić information content (AvgIpc) is 3.65. The fourth-order valence-electron chi connectivity index (χ4n) is 4.99. The molecule has 2 atom stereocenters. The largest absolute Gasteiger partial charge is 0.311 e. The summed E-state index contributed by atoms with van der Waals surface area (Å²) in [6.45, 7) is 4.78. The summed E-state index contributed by atoms with van der Waals surface area (Å²) in [5, 5.41) is 3.86. The molecule has 7 heteroatoms. The van der Waals surface area contributed by atoms with Crippen molar-refractivity contribution >= 4 is 15.9 Å². The van der Waals surface area contributed by atoms with Crippen molar-refractivity contribution in [2.75, 3.05) is 13.1 Å². The molecule has 1 aliphatic carbocycles. The van der Waals surface area contributed by atoms with Crippen LogP contribution in [0, 0.1) is 6.92 Å². The van der Waals surface area contributed by atoms with Gasteiger partial charge >= 0.3 is 0 Å². The summed E-state index contributed by atoms with van der Waals surface area (Å²) in [7, 11) is -3.90. The molecule has 1 saturated heterocycles. The highest BCUT2D eigenvalue weighted by Gasteiger charge is 2.39. The third kappa shape index (κ3) is 6.03. The van der Waals surface area contributed by atoms with Crippen LogP contribution >= 0.6 is 0 Å². The summed E-state index contributed by atoms with van der Waals surface area (Å²) in [5.74, 6) is 0.0368. The van der Waals surface area contributed by atoms with Gasteiger partial charge in [0.1, 0.15) is 0 Å². The van der Waals surface area contributed by atoms with Crippen molar-refractivity contribution in [3.8, 4) is 0 Å². The van der Waals surface area contributed by atoms with Crippen LogP contribution in [0.1, 0.15) is 52.2 Å². The normalized spacial score (nSPS) is 20.7. The van der Waals surface area contributed by atoms with Crippen molar-refractivity contribution < 1.29 is 13.2 Å². The van der Waals surface area contributed by atoms with Crippen LogP contribution in [0.4, 0.5) is 0 Å². The maximum absolute atomic E-state index is 12.5. The molecule has 0 bridgehead atoms. The fraction of sp³-hybridized carbons (Fsp3) is 0.345. The van der Waals surface area contributed by atoms with Gasteiger partial charge in [0.15, 0.2) is 0 Å². The van der Waals surface area contributed by atoms with E-state index in [-0.39, 0.29) is 4.90 Å². The van der Waals surface area contributed by atoms with E-state index < -0.39 is 15.9 Å². The third-order valence-corrected chi connectivity index (χ3v) is 8.58. The maximum atomic E-state index is 12.5. The molecule has 0 radical (unpaired) electrons. The number of benzene rings is 3. The number of carbonyl (C=O) groups is 1. The summed E-state index contributed by atoms with van der Waals surface area (Å²) in [5.41, 5.74) is 3.84. The van der Waals surface area contributed by atoms with Crippen molar-refractivity contribution in [1.82, 2.24) is 14.9 Å². The summed E-state index contributed by atoms with van der Waals surface area (Å²) in [6.07, 6.45) is 3.50. The minimum absolute atomic E-state index is 0.0771. The topological polar surface area (TPSA) is 78.5 Å². The van der Waals surface area contributed by atoms with Crippen molar-refractivity contribution in [3.05, 3.63) is 101 Å². The first kappa shape index (κ1) is 24.7. The number of rotatable bonds is 8. The smallest absolute Gasteiger partial charge is 0.264 e. The number of amides is 1. The molecule has 2 aliphatic rings. The first-order valence-electron chi connectivity index (χ1n) is 12.6. The zero-order valence-corrected chi connectivity index (χ0v) is 21.4. The van der Waals surface area contributed by atoms with Crippen LogP contribution in [-0.2, 0) is 16.6 Å². The van der Waals surface area contributed by atoms with Gasteiger partial charge < -0.3 is 5.32 Å². The molecule has 188 valence electrons. The van der Waals surface area contributed by atoms with Gasteiger partial charge in [-0.3, -0.25) is 9.69 Å². The van der Waals surface area contributed by atoms with Gasteiger partial charge in [0.25, 0.3) is 15.9 Å². The lowest BCUT2D eigenvalue weighted by Crippen LogP contribution is -2.43. The molecule has 1 saturated carbocycles. The number of nitrogens with zero attached hydrogens (tertiary/aromatic N) is 1. The Bertz CT molecular complexity index is 1280. The van der Waals surface area contributed by atoms with Gasteiger partial charge in [0, 0.05) is 30.1 Å². The number of nitrogens with one attached hydrogen (secondary N) is 2. The van der Waals surface area contributed by atoms with Gasteiger partial charge in [0.05, 0.1) is 4.90 Å². The fourth-order valence-corrected chi connectivity index (χ4v) is 5.96. The maximum Gasteiger partial charge on any atom is 0.264 e. The molecule has 1 aliphatic heterocycles. The highest BCUT2D eigenvalue weighted by Crippen LogP contribution is 2.41. The van der Waals surface area contributed by atoms with E-state index in [4.69, 9.17) is 0 Å². The predicted octanol–water partition coefficient (Wildman–Crippen LogP) is 4.22. The predicted molar refractivity (Wildman–Crippen MR) is 141 cm³/mol. The molecular formula is C29H33N3O3S. The molecule has 6 nitrogen and oxygen atoms in total. The van der Waals surface area contributed by atoms with Gasteiger partial charge in [-0.1, -0.05) is 60.2 Å². The molecule has 3 aromatic carbocycles. The number of piperidine rings is 1. The number of aryl methyl sites for hydroxylation is 1. The lowest BCUT2D eigenvalue weighted by atomic mass is 10.0. The van der Waals surface area contributed by atoms with E-state index in [2.05, 4.69) is 45.3 Å². The molecule has 2 unspecified atom stereocenters. The Morgan fingerprint density at radius 3 is 2.25 bits per heavy atom. The van der Waals surface area contributed by atoms with Crippen LogP contribution in [0.5, 0.6) is 0 Å². The van der Waals surface area contributed by atoms with Gasteiger partial charge in [-0.05, 0) is 74.7 Å². The first-order valence-corrected chi connectivity index (χ1v) is 14.1. The van der Waals surface area contributed by atoms with E-state index in [0.29, 0.717) is 23.6 Å². The summed E-state index contributed by atoms with van der Waals surface area (Å²) in [6, 6.07) is 25.6. The second-order valence-electron chi connectivity index (χ2n) is 10.0. The van der Waals surface area contributed by atoms with Crippen LogP contribution in [0.3, 0.4) is 0 Å². The number of hydrogen-bond acceptors (Lipinski definition) is 5. The van der Waals surface area contributed by atoms with Crippen LogP contribution in [-0.4, -0.2) is 44.4 Å². The van der Waals surface area contributed by atoms with Crippen molar-refractivity contribution in [2.45, 2.75) is 55.6 Å². The lowest BCUT2D eigenvalue weighted by molar-refractivity contribution is 0.0981. The van der Waals surface area contributed by atoms with Gasteiger partial charge in [-0.15, -0.1) is 0 Å². The van der Waals surface area contributed by atoms with Crippen molar-refractivity contribution in [1.29, 1.82) is 0 Å². The second-order valence-corrected chi connectivity index (χ2v) is 11.7. The van der Waals surface area contributed by atoms with Gasteiger partial charge in [0.2, 0.25) is 0 Å². The summed E-state index contributed by atoms with van der Waals surface area (Å²) >= 11 is 0. The monoisotopic (exact) mass is 503 g/mol. The van der Waals surface area contributed by atoms with Gasteiger partial charge in [-0.2, -0.15) is 0 Å². The van der Waals surface area contributed by atoms with Crippen molar-refractivity contribution in [2.24, 2.45) is 0 Å². The number of carbonyl (C=O) groups excluding carboxylic acids is 1. The zero-order chi connectivity index (χ0) is 25.1. The Hall–Kier alpha value is -3.00. The van der Waals surface area contributed by atoms with E-state index in [1.807, 2.05) is 19.1 Å². The van der Waals surface area contributed by atoms with Crippen LogP contribution in [0.2, 0.25) is 0 Å². The molecule has 2 N–H and O–H groups in total. The van der Waals surface area contributed by atoms with Gasteiger partial charge in [-0.25, -0.2) is 13.1 Å². The molecule has 1 amide bonds. The SMILES string of the molecule is Cc1ccc(S(=O)(=O)NC(=O)c2ccc(CN3CCC(NC4CC4c4ccccc4)CC3)cc2)cc1. The molecular weight excluding hydrogens is 470 g/mol. The Kier molecular flexibility index (Phi) is 7.23. The molecule has 2 fully saturated rings. The second kappa shape index (κ2) is 10.5. The van der Waals surface area contributed by atoms with E-state index in [1.54, 1.807) is 24.3 Å². The highest BCUT2D eigenvalue weighted by molar-refractivity contribution is 7.90.